The number of sulfone groups is 1. The van der Waals surface area contributed by atoms with Crippen molar-refractivity contribution in [2.24, 2.45) is 0 Å². The van der Waals surface area contributed by atoms with Crippen LogP contribution >= 0.6 is 0 Å². The van der Waals surface area contributed by atoms with Crippen LogP contribution in [-0.2, 0) is 9.84 Å². The van der Waals surface area contributed by atoms with Gasteiger partial charge in [0.1, 0.15) is 11.6 Å². The summed E-state index contributed by atoms with van der Waals surface area (Å²) in [7, 11) is -3.85. The van der Waals surface area contributed by atoms with Gasteiger partial charge < -0.3 is 4.74 Å². The molecule has 0 aliphatic heterocycles. The summed E-state index contributed by atoms with van der Waals surface area (Å²) in [6, 6.07) is 18.4. The number of carbonyl (C=O) groups excluding carboxylic acids is 1. The Balaban J connectivity index is 1.99. The van der Waals surface area contributed by atoms with Gasteiger partial charge in [-0.05, 0) is 74.9 Å². The van der Waals surface area contributed by atoms with Crippen molar-refractivity contribution in [1.82, 2.24) is 0 Å². The number of benzene rings is 3. The van der Waals surface area contributed by atoms with Crippen LogP contribution in [0.4, 0.5) is 4.39 Å². The molecule has 162 valence electrons. The average molecular weight is 441 g/mol. The number of hydrogen-bond acceptors (Lipinski definition) is 4. The molecule has 0 amide bonds. The minimum Gasteiger partial charge on any atom is -0.491 e. The molecule has 0 fully saturated rings. The van der Waals surface area contributed by atoms with Crippen molar-refractivity contribution >= 4 is 15.6 Å². The van der Waals surface area contributed by atoms with Crippen molar-refractivity contribution in [2.45, 2.75) is 43.4 Å². The highest BCUT2D eigenvalue weighted by atomic mass is 32.2. The van der Waals surface area contributed by atoms with E-state index in [0.29, 0.717) is 11.3 Å². The lowest BCUT2D eigenvalue weighted by molar-refractivity contribution is 0.0980. The number of ketones is 1. The van der Waals surface area contributed by atoms with Crippen molar-refractivity contribution in [3.63, 3.8) is 0 Å². The third kappa shape index (κ3) is 5.58. The summed E-state index contributed by atoms with van der Waals surface area (Å²) in [4.78, 5) is 13.0. The molecule has 3 aromatic rings. The van der Waals surface area contributed by atoms with Crippen LogP contribution in [-0.4, -0.2) is 20.3 Å². The molecular formula is C25H25FO4S. The second-order valence-electron chi connectivity index (χ2n) is 7.72. The highest BCUT2D eigenvalue weighted by Crippen LogP contribution is 2.34. The Kier molecular flexibility index (Phi) is 6.91. The van der Waals surface area contributed by atoms with E-state index in [4.69, 9.17) is 4.74 Å². The van der Waals surface area contributed by atoms with Gasteiger partial charge in [-0.1, -0.05) is 29.8 Å². The first-order valence-corrected chi connectivity index (χ1v) is 11.6. The molecule has 0 aromatic heterocycles. The molecule has 0 saturated heterocycles. The number of aryl methyl sites for hydroxylation is 1. The number of hydrogen-bond donors (Lipinski definition) is 0. The number of ether oxygens (including phenoxy) is 1. The van der Waals surface area contributed by atoms with E-state index >= 15 is 0 Å². The normalized spacial score (nSPS) is 12.5. The third-order valence-corrected chi connectivity index (χ3v) is 7.00. The number of halogens is 1. The van der Waals surface area contributed by atoms with Gasteiger partial charge in [-0.2, -0.15) is 0 Å². The van der Waals surface area contributed by atoms with Gasteiger partial charge in [-0.3, -0.25) is 4.79 Å². The molecule has 1 unspecified atom stereocenters. The third-order valence-electron chi connectivity index (χ3n) is 4.88. The summed E-state index contributed by atoms with van der Waals surface area (Å²) in [5.41, 5.74) is 1.70. The molecule has 0 saturated carbocycles. The smallest absolute Gasteiger partial charge is 0.185 e. The molecule has 0 heterocycles. The van der Waals surface area contributed by atoms with Gasteiger partial charge in [0.25, 0.3) is 0 Å². The Morgan fingerprint density at radius 1 is 0.903 bits per heavy atom. The van der Waals surface area contributed by atoms with E-state index in [-0.39, 0.29) is 28.8 Å². The fourth-order valence-corrected chi connectivity index (χ4v) is 4.98. The number of rotatable bonds is 8. The maximum Gasteiger partial charge on any atom is 0.185 e. The van der Waals surface area contributed by atoms with E-state index in [2.05, 4.69) is 0 Å². The highest BCUT2D eigenvalue weighted by molar-refractivity contribution is 7.91. The molecule has 0 N–H and O–H groups in total. The number of carbonyl (C=O) groups is 1. The van der Waals surface area contributed by atoms with Crippen molar-refractivity contribution in [2.75, 3.05) is 0 Å². The molecule has 0 spiro atoms. The summed E-state index contributed by atoms with van der Waals surface area (Å²) in [5, 5.41) is -1.08. The zero-order chi connectivity index (χ0) is 22.6. The lowest BCUT2D eigenvalue weighted by Gasteiger charge is -2.19. The van der Waals surface area contributed by atoms with Gasteiger partial charge in [0.15, 0.2) is 15.6 Å². The first-order valence-electron chi connectivity index (χ1n) is 10.0. The predicted octanol–water partition coefficient (Wildman–Crippen LogP) is 5.71. The molecule has 31 heavy (non-hydrogen) atoms. The quantitative estimate of drug-likeness (QED) is 0.421. The molecule has 0 aliphatic rings. The van der Waals surface area contributed by atoms with E-state index in [0.717, 1.165) is 5.56 Å². The van der Waals surface area contributed by atoms with E-state index in [1.165, 1.54) is 24.3 Å². The summed E-state index contributed by atoms with van der Waals surface area (Å²) in [6.07, 6.45) is -0.273. The van der Waals surface area contributed by atoms with E-state index in [1.54, 1.807) is 48.5 Å². The molecule has 0 radical (unpaired) electrons. The van der Waals surface area contributed by atoms with Gasteiger partial charge >= 0.3 is 0 Å². The monoisotopic (exact) mass is 440 g/mol. The van der Waals surface area contributed by atoms with Crippen LogP contribution in [0.1, 0.15) is 47.0 Å². The van der Waals surface area contributed by atoms with Crippen LogP contribution in [0.25, 0.3) is 0 Å². The first-order chi connectivity index (χ1) is 14.7. The SMILES string of the molecule is Cc1ccc(S(=O)(=O)C(CC(=O)c2ccc(F)cc2)c2ccc(OC(C)C)cc2)cc1. The fraction of sp³-hybridized carbons (Fsp3) is 0.240. The van der Waals surface area contributed by atoms with Crippen molar-refractivity contribution < 1.29 is 22.3 Å². The van der Waals surface area contributed by atoms with Crippen LogP contribution < -0.4 is 4.74 Å². The Hall–Kier alpha value is -2.99. The summed E-state index contributed by atoms with van der Waals surface area (Å²) >= 11 is 0. The van der Waals surface area contributed by atoms with Crippen LogP contribution in [0.5, 0.6) is 5.75 Å². The lowest BCUT2D eigenvalue weighted by atomic mass is 10.0. The highest BCUT2D eigenvalue weighted by Gasteiger charge is 2.31. The molecule has 3 aromatic carbocycles. The van der Waals surface area contributed by atoms with Gasteiger partial charge in [0.05, 0.1) is 16.2 Å². The first kappa shape index (κ1) is 22.7. The van der Waals surface area contributed by atoms with Crippen molar-refractivity contribution in [3.05, 3.63) is 95.3 Å². The summed E-state index contributed by atoms with van der Waals surface area (Å²) in [6.45, 7) is 5.68. The minimum absolute atomic E-state index is 0.0157. The van der Waals surface area contributed by atoms with Crippen molar-refractivity contribution in [1.29, 1.82) is 0 Å². The van der Waals surface area contributed by atoms with E-state index in [1.807, 2.05) is 20.8 Å². The van der Waals surface area contributed by atoms with Crippen molar-refractivity contribution in [3.8, 4) is 5.75 Å². The molecule has 1 atom stereocenters. The van der Waals surface area contributed by atoms with Crippen LogP contribution in [0, 0.1) is 12.7 Å². The molecule has 6 heteroatoms. The van der Waals surface area contributed by atoms with Crippen LogP contribution in [0.3, 0.4) is 0 Å². The molecule has 4 nitrogen and oxygen atoms in total. The van der Waals surface area contributed by atoms with E-state index < -0.39 is 20.9 Å². The maximum atomic E-state index is 13.5. The Morgan fingerprint density at radius 2 is 1.48 bits per heavy atom. The second-order valence-corrected chi connectivity index (χ2v) is 9.85. The van der Waals surface area contributed by atoms with Gasteiger partial charge in [0.2, 0.25) is 0 Å². The standard InChI is InChI=1S/C25H25FO4S/c1-17(2)30-22-12-8-20(9-13-22)25(16-24(27)19-6-10-21(26)11-7-19)31(28,29)23-14-4-18(3)5-15-23/h4-15,17,25H,16H2,1-3H3. The maximum absolute atomic E-state index is 13.5. The van der Waals surface area contributed by atoms with Gasteiger partial charge in [-0.25, -0.2) is 12.8 Å². The average Bonchev–Trinajstić information content (AvgIpc) is 2.73. The zero-order valence-electron chi connectivity index (χ0n) is 17.7. The Labute approximate surface area is 182 Å². The van der Waals surface area contributed by atoms with Gasteiger partial charge in [-0.15, -0.1) is 0 Å². The minimum atomic E-state index is -3.85. The lowest BCUT2D eigenvalue weighted by Crippen LogP contribution is -2.18. The Bertz CT molecular complexity index is 1130. The molecule has 0 aliphatic carbocycles. The summed E-state index contributed by atoms with van der Waals surface area (Å²) < 4.78 is 45.8. The molecular weight excluding hydrogens is 415 g/mol. The summed E-state index contributed by atoms with van der Waals surface area (Å²) in [5.74, 6) is -0.209. The zero-order valence-corrected chi connectivity index (χ0v) is 18.5. The topological polar surface area (TPSA) is 60.4 Å². The fourth-order valence-electron chi connectivity index (χ4n) is 3.25. The largest absolute Gasteiger partial charge is 0.491 e. The van der Waals surface area contributed by atoms with Gasteiger partial charge in [0, 0.05) is 12.0 Å². The molecule has 3 rings (SSSR count). The second kappa shape index (κ2) is 9.43. The van der Waals surface area contributed by atoms with E-state index in [9.17, 15) is 17.6 Å². The molecule has 0 bridgehead atoms. The van der Waals surface area contributed by atoms with Crippen LogP contribution in [0.2, 0.25) is 0 Å². The Morgan fingerprint density at radius 3 is 2.03 bits per heavy atom. The number of Topliss-reactive ketones (excluding diaryl/α,β-unsaturated/α-hetero) is 1. The van der Waals surface area contributed by atoms with Crippen LogP contribution in [0.15, 0.2) is 77.7 Å². The predicted molar refractivity (Wildman–Crippen MR) is 119 cm³/mol.